The summed E-state index contributed by atoms with van der Waals surface area (Å²) in [6.07, 6.45) is 42.1. The first-order valence-corrected chi connectivity index (χ1v) is 23.3. The van der Waals surface area contributed by atoms with E-state index in [1.165, 1.54) is 122 Å². The Morgan fingerprint density at radius 2 is 0.925 bits per heavy atom. The van der Waals surface area contributed by atoms with E-state index in [-0.39, 0.29) is 38.6 Å². The molecule has 0 aliphatic rings. The third-order valence-corrected chi connectivity index (χ3v) is 10.3. The van der Waals surface area contributed by atoms with Crippen molar-refractivity contribution in [2.75, 3.05) is 26.4 Å². The Balaban J connectivity index is 4.16. The second-order valence-electron chi connectivity index (χ2n) is 14.6. The lowest BCUT2D eigenvalue weighted by Crippen LogP contribution is -2.29. The molecule has 1 unspecified atom stereocenters. The molecule has 0 aliphatic heterocycles. The maximum atomic E-state index is 12.6. The first-order valence-electron chi connectivity index (χ1n) is 21.8. The molecule has 0 radical (unpaired) electrons. The summed E-state index contributed by atoms with van der Waals surface area (Å²) in [5.41, 5.74) is 5.34. The van der Waals surface area contributed by atoms with E-state index in [0.717, 1.165) is 51.4 Å². The van der Waals surface area contributed by atoms with Crippen LogP contribution in [0.15, 0.2) is 24.3 Å². The Hall–Kier alpha value is -1.51. The molecular weight excluding hydrogens is 689 g/mol. The van der Waals surface area contributed by atoms with Crippen molar-refractivity contribution in [2.24, 2.45) is 5.73 Å². The number of phosphoric acid groups is 1. The molecule has 0 rings (SSSR count). The van der Waals surface area contributed by atoms with Gasteiger partial charge in [0.2, 0.25) is 0 Å². The number of hydrogen-bond acceptors (Lipinski definition) is 8. The average molecular weight is 772 g/mol. The zero-order valence-corrected chi connectivity index (χ0v) is 35.2. The van der Waals surface area contributed by atoms with Gasteiger partial charge in [0.1, 0.15) is 6.61 Å². The molecule has 0 amide bonds. The van der Waals surface area contributed by atoms with Crippen molar-refractivity contribution in [3.05, 3.63) is 24.3 Å². The van der Waals surface area contributed by atoms with Gasteiger partial charge in [-0.2, -0.15) is 0 Å². The van der Waals surface area contributed by atoms with Crippen LogP contribution in [0, 0.1) is 0 Å². The molecule has 0 spiro atoms. The number of hydrogen-bond donors (Lipinski definition) is 2. The van der Waals surface area contributed by atoms with Crippen molar-refractivity contribution < 1.29 is 37.6 Å². The Bertz CT molecular complexity index is 928. The molecule has 0 aromatic rings. The van der Waals surface area contributed by atoms with Gasteiger partial charge in [-0.1, -0.05) is 154 Å². The van der Waals surface area contributed by atoms with Gasteiger partial charge in [0.25, 0.3) is 0 Å². The standard InChI is InChI=1S/C43H82NO8P/c1-3-5-7-9-11-13-15-17-19-20-22-23-25-27-29-31-33-35-42(45)49-39-41(40-51-53(47,48)50-38-37-44)52-43(46)36-34-32-30-28-26-24-21-18-16-14-12-10-8-6-4-2/h17,19,26,28,41H,3-16,18,20-25,27,29-40,44H2,1-2H3,(H,47,48)/b19-17+,28-26+/t41-/m1/s1. The molecule has 2 atom stereocenters. The normalized spacial score (nSPS) is 13.5. The van der Waals surface area contributed by atoms with E-state index in [9.17, 15) is 19.0 Å². The molecule has 0 aliphatic carbocycles. The molecule has 0 saturated carbocycles. The summed E-state index contributed by atoms with van der Waals surface area (Å²) in [6, 6.07) is 0. The second-order valence-corrected chi connectivity index (χ2v) is 16.0. The predicted molar refractivity (Wildman–Crippen MR) is 220 cm³/mol. The maximum Gasteiger partial charge on any atom is 0.472 e. The minimum absolute atomic E-state index is 0.0510. The van der Waals surface area contributed by atoms with Gasteiger partial charge in [-0.05, 0) is 64.2 Å². The Morgan fingerprint density at radius 1 is 0.547 bits per heavy atom. The van der Waals surface area contributed by atoms with Crippen molar-refractivity contribution in [1.29, 1.82) is 0 Å². The summed E-state index contributed by atoms with van der Waals surface area (Å²) in [4.78, 5) is 34.8. The summed E-state index contributed by atoms with van der Waals surface area (Å²) >= 11 is 0. The third kappa shape index (κ3) is 40.0. The number of carbonyl (C=O) groups is 2. The van der Waals surface area contributed by atoms with Gasteiger partial charge in [-0.3, -0.25) is 18.6 Å². The lowest BCUT2D eigenvalue weighted by molar-refractivity contribution is -0.161. The summed E-state index contributed by atoms with van der Waals surface area (Å²) in [5.74, 6) is -0.854. The first kappa shape index (κ1) is 51.5. The van der Waals surface area contributed by atoms with Gasteiger partial charge >= 0.3 is 19.8 Å². The third-order valence-electron chi connectivity index (χ3n) is 9.31. The van der Waals surface area contributed by atoms with E-state index in [1.54, 1.807) is 0 Å². The molecule has 0 fully saturated rings. The summed E-state index contributed by atoms with van der Waals surface area (Å²) < 4.78 is 32.7. The minimum Gasteiger partial charge on any atom is -0.462 e. The molecule has 9 nitrogen and oxygen atoms in total. The molecule has 53 heavy (non-hydrogen) atoms. The van der Waals surface area contributed by atoms with Crippen molar-refractivity contribution in [3.8, 4) is 0 Å². The van der Waals surface area contributed by atoms with Crippen molar-refractivity contribution >= 4 is 19.8 Å². The predicted octanol–water partition coefficient (Wildman–Crippen LogP) is 12.4. The van der Waals surface area contributed by atoms with Crippen LogP contribution in [0.25, 0.3) is 0 Å². The van der Waals surface area contributed by atoms with Gasteiger partial charge in [0.15, 0.2) is 6.10 Å². The van der Waals surface area contributed by atoms with Crippen molar-refractivity contribution in [3.63, 3.8) is 0 Å². The Labute approximate surface area is 325 Å². The highest BCUT2D eigenvalue weighted by Gasteiger charge is 2.26. The van der Waals surface area contributed by atoms with E-state index in [0.29, 0.717) is 6.42 Å². The molecule has 0 heterocycles. The van der Waals surface area contributed by atoms with Gasteiger partial charge in [-0.15, -0.1) is 0 Å². The van der Waals surface area contributed by atoms with Crippen LogP contribution in [0.3, 0.4) is 0 Å². The van der Waals surface area contributed by atoms with Crippen LogP contribution in [0.5, 0.6) is 0 Å². The highest BCUT2D eigenvalue weighted by Crippen LogP contribution is 2.43. The maximum absolute atomic E-state index is 12.6. The fourth-order valence-electron chi connectivity index (χ4n) is 6.04. The van der Waals surface area contributed by atoms with E-state index >= 15 is 0 Å². The summed E-state index contributed by atoms with van der Waals surface area (Å²) in [7, 11) is -4.38. The Kier molecular flexibility index (Phi) is 39.0. The van der Waals surface area contributed by atoms with Crippen LogP contribution in [0.2, 0.25) is 0 Å². The first-order chi connectivity index (χ1) is 25.8. The average Bonchev–Trinajstić information content (AvgIpc) is 3.14. The minimum atomic E-state index is -4.38. The lowest BCUT2D eigenvalue weighted by Gasteiger charge is -2.19. The molecule has 10 heteroatoms. The molecule has 0 aromatic carbocycles. The summed E-state index contributed by atoms with van der Waals surface area (Å²) in [5, 5.41) is 0. The van der Waals surface area contributed by atoms with Crippen LogP contribution in [-0.2, 0) is 32.7 Å². The zero-order valence-electron chi connectivity index (χ0n) is 34.3. The number of ether oxygens (including phenoxy) is 2. The zero-order chi connectivity index (χ0) is 38.9. The lowest BCUT2D eigenvalue weighted by atomic mass is 10.1. The highest BCUT2D eigenvalue weighted by atomic mass is 31.2. The highest BCUT2D eigenvalue weighted by molar-refractivity contribution is 7.47. The number of esters is 2. The topological polar surface area (TPSA) is 134 Å². The quantitative estimate of drug-likeness (QED) is 0.0269. The van der Waals surface area contributed by atoms with Gasteiger partial charge < -0.3 is 20.1 Å². The monoisotopic (exact) mass is 772 g/mol. The molecular formula is C43H82NO8P. The number of rotatable bonds is 41. The van der Waals surface area contributed by atoms with Crippen LogP contribution in [0.4, 0.5) is 0 Å². The van der Waals surface area contributed by atoms with Gasteiger partial charge in [-0.25, -0.2) is 4.57 Å². The largest absolute Gasteiger partial charge is 0.472 e. The van der Waals surface area contributed by atoms with E-state index < -0.39 is 26.5 Å². The molecule has 312 valence electrons. The van der Waals surface area contributed by atoms with E-state index in [1.807, 2.05) is 0 Å². The van der Waals surface area contributed by atoms with Crippen LogP contribution in [-0.4, -0.2) is 49.3 Å². The van der Waals surface area contributed by atoms with E-state index in [4.69, 9.17) is 24.3 Å². The van der Waals surface area contributed by atoms with Gasteiger partial charge in [0, 0.05) is 19.4 Å². The van der Waals surface area contributed by atoms with Crippen molar-refractivity contribution in [2.45, 2.75) is 213 Å². The Morgan fingerprint density at radius 3 is 1.38 bits per heavy atom. The number of unbranched alkanes of at least 4 members (excludes halogenated alkanes) is 24. The number of nitrogens with two attached hydrogens (primary N) is 1. The van der Waals surface area contributed by atoms with Crippen LogP contribution < -0.4 is 5.73 Å². The number of phosphoric ester groups is 1. The SMILES string of the molecule is CCCCCCCC/C=C/CCCCCCCCCC(=O)OC[C@H](COP(=O)(O)OCCN)OC(=O)CCCC/C=C/CCCCCCCCCCC. The number of allylic oxidation sites excluding steroid dienone is 4. The fourth-order valence-corrected chi connectivity index (χ4v) is 6.80. The van der Waals surface area contributed by atoms with Crippen LogP contribution >= 0.6 is 7.82 Å². The van der Waals surface area contributed by atoms with E-state index in [2.05, 4.69) is 38.2 Å². The van der Waals surface area contributed by atoms with Crippen LogP contribution in [0.1, 0.15) is 206 Å². The summed E-state index contributed by atoms with van der Waals surface area (Å²) in [6.45, 7) is 3.71. The van der Waals surface area contributed by atoms with Crippen molar-refractivity contribution in [1.82, 2.24) is 0 Å². The van der Waals surface area contributed by atoms with Gasteiger partial charge in [0.05, 0.1) is 13.2 Å². The molecule has 0 saturated heterocycles. The molecule has 0 bridgehead atoms. The molecule has 0 aromatic heterocycles. The number of carbonyl (C=O) groups excluding carboxylic acids is 2. The fraction of sp³-hybridized carbons (Fsp3) is 0.860. The smallest absolute Gasteiger partial charge is 0.462 e. The molecule has 3 N–H and O–H groups in total. The second kappa shape index (κ2) is 40.2.